The van der Waals surface area contributed by atoms with Crippen LogP contribution in [0.1, 0.15) is 134 Å². The lowest BCUT2D eigenvalue weighted by molar-refractivity contribution is -0.150. The van der Waals surface area contributed by atoms with E-state index in [2.05, 4.69) is 72.8 Å². The molecule has 2 fully saturated rings. The van der Waals surface area contributed by atoms with Gasteiger partial charge in [0, 0.05) is 0 Å². The Bertz CT molecular complexity index is 1150. The van der Waals surface area contributed by atoms with Gasteiger partial charge in [-0.2, -0.15) is 0 Å². The minimum atomic E-state index is -0.907. The molecular formula is C43H65NO3. The number of hydrogen-bond acceptors (Lipinski definition) is 3. The fraction of sp³-hybridized carbons (Fsp3) is 0.651. The molecule has 260 valence electrons. The van der Waals surface area contributed by atoms with Gasteiger partial charge in [0.1, 0.15) is 0 Å². The zero-order valence-electron chi connectivity index (χ0n) is 29.4. The molecule has 4 rings (SSSR count). The van der Waals surface area contributed by atoms with Crippen LogP contribution in [-0.4, -0.2) is 28.8 Å². The van der Waals surface area contributed by atoms with E-state index in [4.69, 9.17) is 5.73 Å². The summed E-state index contributed by atoms with van der Waals surface area (Å²) < 4.78 is 0. The van der Waals surface area contributed by atoms with Gasteiger partial charge in [-0.3, -0.25) is 4.79 Å². The molecule has 0 aliphatic heterocycles. The Morgan fingerprint density at radius 3 is 2.17 bits per heavy atom. The SMILES string of the molecule is C[C@H](O)[C@H](C(=O)O)[C@H](CC1(c2ccccc2)CCCCC1)[C@H](CCN)CC[C@@H](C/C=C\CCC1CCCCC1)CCc1ccccc1. The van der Waals surface area contributed by atoms with E-state index in [0.717, 1.165) is 63.7 Å². The molecule has 47 heavy (non-hydrogen) atoms. The van der Waals surface area contributed by atoms with Gasteiger partial charge in [0.25, 0.3) is 0 Å². The normalized spacial score (nSPS) is 20.4. The summed E-state index contributed by atoms with van der Waals surface area (Å²) >= 11 is 0. The van der Waals surface area contributed by atoms with Crippen molar-refractivity contribution in [2.75, 3.05) is 6.54 Å². The van der Waals surface area contributed by atoms with E-state index in [0.29, 0.717) is 12.5 Å². The van der Waals surface area contributed by atoms with Crippen LogP contribution >= 0.6 is 0 Å². The molecule has 0 unspecified atom stereocenters. The number of carbonyl (C=O) groups is 1. The summed E-state index contributed by atoms with van der Waals surface area (Å²) in [6.07, 6.45) is 26.2. The Hall–Kier alpha value is -2.43. The van der Waals surface area contributed by atoms with Crippen LogP contribution < -0.4 is 5.73 Å². The molecule has 0 spiro atoms. The number of rotatable bonds is 20. The molecule has 0 radical (unpaired) electrons. The third-order valence-corrected chi connectivity index (χ3v) is 12.0. The first-order valence-corrected chi connectivity index (χ1v) is 19.3. The zero-order valence-corrected chi connectivity index (χ0v) is 29.4. The highest BCUT2D eigenvalue weighted by atomic mass is 16.4. The lowest BCUT2D eigenvalue weighted by atomic mass is 9.60. The Balaban J connectivity index is 1.52. The summed E-state index contributed by atoms with van der Waals surface area (Å²) in [5.41, 5.74) is 8.97. The molecule has 2 aromatic rings. The predicted molar refractivity (Wildman–Crippen MR) is 196 cm³/mol. The van der Waals surface area contributed by atoms with Crippen molar-refractivity contribution in [3.05, 3.63) is 83.9 Å². The van der Waals surface area contributed by atoms with Crippen LogP contribution in [0.4, 0.5) is 0 Å². The molecule has 0 saturated heterocycles. The highest BCUT2D eigenvalue weighted by molar-refractivity contribution is 5.71. The van der Waals surface area contributed by atoms with Crippen molar-refractivity contribution in [2.45, 2.75) is 140 Å². The van der Waals surface area contributed by atoms with Gasteiger partial charge in [0.2, 0.25) is 0 Å². The summed E-state index contributed by atoms with van der Waals surface area (Å²) in [4.78, 5) is 12.9. The van der Waals surface area contributed by atoms with Gasteiger partial charge in [-0.15, -0.1) is 0 Å². The fourth-order valence-electron chi connectivity index (χ4n) is 9.26. The molecule has 4 nitrogen and oxygen atoms in total. The molecule has 4 heteroatoms. The molecule has 2 saturated carbocycles. The Kier molecular flexibility index (Phi) is 16.0. The van der Waals surface area contributed by atoms with E-state index in [9.17, 15) is 15.0 Å². The second-order valence-electron chi connectivity index (χ2n) is 15.3. The number of aliphatic hydroxyl groups is 1. The Morgan fingerprint density at radius 1 is 0.872 bits per heavy atom. The van der Waals surface area contributed by atoms with Gasteiger partial charge in [-0.05, 0) is 124 Å². The number of carboxylic acids is 1. The maximum atomic E-state index is 12.9. The Morgan fingerprint density at radius 2 is 1.53 bits per heavy atom. The average molecular weight is 644 g/mol. The van der Waals surface area contributed by atoms with Crippen molar-refractivity contribution < 1.29 is 15.0 Å². The van der Waals surface area contributed by atoms with Crippen molar-refractivity contribution in [1.29, 1.82) is 0 Å². The van der Waals surface area contributed by atoms with Gasteiger partial charge < -0.3 is 15.9 Å². The topological polar surface area (TPSA) is 83.5 Å². The molecular weight excluding hydrogens is 578 g/mol. The summed E-state index contributed by atoms with van der Waals surface area (Å²) in [6.45, 7) is 2.23. The molecule has 0 bridgehead atoms. The van der Waals surface area contributed by atoms with Crippen LogP contribution in [-0.2, 0) is 16.6 Å². The number of benzene rings is 2. The first-order valence-electron chi connectivity index (χ1n) is 19.3. The summed E-state index contributed by atoms with van der Waals surface area (Å²) in [5, 5.41) is 21.5. The van der Waals surface area contributed by atoms with E-state index in [1.54, 1.807) is 6.92 Å². The zero-order chi connectivity index (χ0) is 33.3. The predicted octanol–water partition coefficient (Wildman–Crippen LogP) is 10.3. The summed E-state index contributed by atoms with van der Waals surface area (Å²) in [6, 6.07) is 21.6. The number of aliphatic carboxylic acids is 1. The summed E-state index contributed by atoms with van der Waals surface area (Å²) in [5.74, 6) is -0.183. The number of nitrogens with two attached hydrogens (primary N) is 1. The van der Waals surface area contributed by atoms with E-state index in [-0.39, 0.29) is 17.3 Å². The van der Waals surface area contributed by atoms with Gasteiger partial charge in [-0.1, -0.05) is 124 Å². The van der Waals surface area contributed by atoms with E-state index in [1.807, 2.05) is 0 Å². The van der Waals surface area contributed by atoms with Crippen molar-refractivity contribution in [1.82, 2.24) is 0 Å². The van der Waals surface area contributed by atoms with E-state index >= 15 is 0 Å². The van der Waals surface area contributed by atoms with Crippen molar-refractivity contribution in [3.63, 3.8) is 0 Å². The minimum absolute atomic E-state index is 0.0482. The lowest BCUT2D eigenvalue weighted by Gasteiger charge is -2.44. The van der Waals surface area contributed by atoms with Gasteiger partial charge in [0.05, 0.1) is 12.0 Å². The molecule has 0 aromatic heterocycles. The number of allylic oxidation sites excluding steroid dienone is 2. The van der Waals surface area contributed by atoms with E-state index < -0.39 is 18.0 Å². The third kappa shape index (κ3) is 11.9. The second kappa shape index (κ2) is 20.2. The fourth-order valence-corrected chi connectivity index (χ4v) is 9.26. The number of carboxylic acid groups (broad SMARTS) is 1. The largest absolute Gasteiger partial charge is 0.481 e. The number of aliphatic hydroxyl groups excluding tert-OH is 1. The van der Waals surface area contributed by atoms with Crippen LogP contribution in [0.25, 0.3) is 0 Å². The van der Waals surface area contributed by atoms with Crippen LogP contribution in [0.3, 0.4) is 0 Å². The standard InChI is InChI=1S/C43H65NO3/c1-34(45)41(42(46)47)40(33-43(30-15-6-16-31-43)39-23-13-5-14-24-39)38(29-32-44)28-27-37(26-25-36-20-10-4-11-21-36)22-12-3-9-19-35-17-7-2-8-18-35/h3-5,10-14,20-21,23-24,34-35,37-38,40-41,45H,2,6-9,15-19,22,25-33,44H2,1H3,(H,46,47)/b12-3-/t34-,37-,38-,40+,41-/m0/s1. The number of aryl methyl sites for hydroxylation is 1. The highest BCUT2D eigenvalue weighted by Crippen LogP contribution is 2.48. The van der Waals surface area contributed by atoms with Gasteiger partial charge in [0.15, 0.2) is 0 Å². The molecule has 5 atom stereocenters. The highest BCUT2D eigenvalue weighted by Gasteiger charge is 2.44. The third-order valence-electron chi connectivity index (χ3n) is 12.0. The van der Waals surface area contributed by atoms with Gasteiger partial charge in [-0.25, -0.2) is 0 Å². The smallest absolute Gasteiger partial charge is 0.309 e. The molecule has 0 amide bonds. The van der Waals surface area contributed by atoms with Crippen LogP contribution in [0, 0.1) is 29.6 Å². The van der Waals surface area contributed by atoms with Gasteiger partial charge >= 0.3 is 5.97 Å². The number of hydrogen-bond donors (Lipinski definition) is 3. The molecule has 4 N–H and O–H groups in total. The molecule has 2 aliphatic rings. The first kappa shape index (κ1) is 37.4. The van der Waals surface area contributed by atoms with Crippen molar-refractivity contribution in [3.8, 4) is 0 Å². The molecule has 2 aromatic carbocycles. The van der Waals surface area contributed by atoms with Crippen molar-refractivity contribution >= 4 is 5.97 Å². The van der Waals surface area contributed by atoms with E-state index in [1.165, 1.54) is 75.3 Å². The molecule has 2 aliphatic carbocycles. The minimum Gasteiger partial charge on any atom is -0.481 e. The maximum Gasteiger partial charge on any atom is 0.309 e. The summed E-state index contributed by atoms with van der Waals surface area (Å²) in [7, 11) is 0. The second-order valence-corrected chi connectivity index (χ2v) is 15.3. The monoisotopic (exact) mass is 643 g/mol. The first-order chi connectivity index (χ1) is 22.9. The van der Waals surface area contributed by atoms with Crippen LogP contribution in [0.15, 0.2) is 72.8 Å². The van der Waals surface area contributed by atoms with Crippen molar-refractivity contribution in [2.24, 2.45) is 35.3 Å². The molecule has 0 heterocycles. The Labute approximate surface area is 286 Å². The van der Waals surface area contributed by atoms with Crippen LogP contribution in [0.2, 0.25) is 0 Å². The van der Waals surface area contributed by atoms with Crippen LogP contribution in [0.5, 0.6) is 0 Å². The maximum absolute atomic E-state index is 12.9. The lowest BCUT2D eigenvalue weighted by Crippen LogP contribution is -2.43. The average Bonchev–Trinajstić information content (AvgIpc) is 3.09. The quantitative estimate of drug-likeness (QED) is 0.125.